The summed E-state index contributed by atoms with van der Waals surface area (Å²) < 4.78 is 37.7. The second-order valence-electron chi connectivity index (χ2n) is 7.56. The number of urea groups is 1. The number of benzene rings is 1. The van der Waals surface area contributed by atoms with Gasteiger partial charge in [-0.2, -0.15) is 13.2 Å². The zero-order valence-corrected chi connectivity index (χ0v) is 15.4. The summed E-state index contributed by atoms with van der Waals surface area (Å²) in [6.07, 6.45) is -1.64. The van der Waals surface area contributed by atoms with Gasteiger partial charge >= 0.3 is 12.2 Å². The van der Waals surface area contributed by atoms with Crippen LogP contribution in [-0.4, -0.2) is 34.8 Å². The van der Waals surface area contributed by atoms with Crippen LogP contribution in [0, 0.1) is 5.92 Å². The number of halogens is 3. The highest BCUT2D eigenvalue weighted by molar-refractivity contribution is 6.09. The molecule has 0 aromatic heterocycles. The summed E-state index contributed by atoms with van der Waals surface area (Å²) in [5.41, 5.74) is -1.19. The maximum Gasteiger partial charge on any atom is 0.416 e. The molecule has 1 aromatic carbocycles. The quantitative estimate of drug-likeness (QED) is 0.767. The van der Waals surface area contributed by atoms with Crippen LogP contribution in [0.5, 0.6) is 0 Å². The second kappa shape index (κ2) is 7.44. The number of rotatable bonds is 4. The van der Waals surface area contributed by atoms with Gasteiger partial charge in [-0.05, 0) is 49.3 Å². The van der Waals surface area contributed by atoms with Gasteiger partial charge in [0.05, 0.1) is 5.56 Å². The number of nitrogens with one attached hydrogen (secondary N) is 2. The van der Waals surface area contributed by atoms with Crippen LogP contribution in [0.3, 0.4) is 0 Å². The highest BCUT2D eigenvalue weighted by Crippen LogP contribution is 2.36. The van der Waals surface area contributed by atoms with E-state index in [9.17, 15) is 27.6 Å². The van der Waals surface area contributed by atoms with Gasteiger partial charge < -0.3 is 10.6 Å². The van der Waals surface area contributed by atoms with Crippen LogP contribution >= 0.6 is 0 Å². The Morgan fingerprint density at radius 1 is 1.21 bits per heavy atom. The lowest BCUT2D eigenvalue weighted by Gasteiger charge is -2.33. The number of imide groups is 1. The molecule has 9 heteroatoms. The Labute approximate surface area is 160 Å². The number of hydrogen-bond acceptors (Lipinski definition) is 3. The van der Waals surface area contributed by atoms with Crippen molar-refractivity contribution in [2.75, 3.05) is 6.54 Å². The molecule has 0 unspecified atom stereocenters. The summed E-state index contributed by atoms with van der Waals surface area (Å²) in [5.74, 6) is -0.435. The molecule has 2 aliphatic rings. The molecule has 1 aromatic rings. The zero-order valence-electron chi connectivity index (χ0n) is 15.4. The minimum atomic E-state index is -4.42. The molecule has 4 amide bonds. The van der Waals surface area contributed by atoms with Crippen LogP contribution in [0.2, 0.25) is 0 Å². The lowest BCUT2D eigenvalue weighted by Crippen LogP contribution is -2.49. The number of nitrogens with zero attached hydrogens (tertiary/aromatic N) is 1. The van der Waals surface area contributed by atoms with Crippen LogP contribution in [0.4, 0.5) is 18.0 Å². The van der Waals surface area contributed by atoms with E-state index < -0.39 is 35.8 Å². The number of carbonyl (C=O) groups is 3. The molecule has 0 atom stereocenters. The van der Waals surface area contributed by atoms with Gasteiger partial charge in [0.1, 0.15) is 12.1 Å². The predicted octanol–water partition coefficient (Wildman–Crippen LogP) is 2.82. The van der Waals surface area contributed by atoms with Crippen LogP contribution in [0.15, 0.2) is 24.3 Å². The molecule has 152 valence electrons. The summed E-state index contributed by atoms with van der Waals surface area (Å²) in [5, 5.41) is 5.27. The van der Waals surface area contributed by atoms with Crippen LogP contribution in [0.25, 0.3) is 0 Å². The van der Waals surface area contributed by atoms with Crippen molar-refractivity contribution < 1.29 is 27.6 Å². The van der Waals surface area contributed by atoms with Crippen molar-refractivity contribution in [3.8, 4) is 0 Å². The average Bonchev–Trinajstić information content (AvgIpc) is 2.86. The van der Waals surface area contributed by atoms with Crippen molar-refractivity contribution in [1.82, 2.24) is 15.5 Å². The van der Waals surface area contributed by atoms with Gasteiger partial charge in [-0.25, -0.2) is 4.79 Å². The smallest absolute Gasteiger partial charge is 0.350 e. The monoisotopic (exact) mass is 397 g/mol. The minimum absolute atomic E-state index is 0.00325. The maximum absolute atomic E-state index is 12.7. The van der Waals surface area contributed by atoms with Gasteiger partial charge in [-0.15, -0.1) is 0 Å². The molecule has 1 saturated heterocycles. The standard InChI is InChI=1S/C19H22F3N3O3/c1-12-6-8-18(9-7-12)16(27)25(17(28)24-18)11-15(26)23-10-13-2-4-14(5-3-13)19(20,21)22/h2-5,12H,6-11H2,1H3,(H,23,26)(H,24,28). The van der Waals surface area contributed by atoms with Crippen LogP contribution in [-0.2, 0) is 22.3 Å². The fraction of sp³-hybridized carbons (Fsp3) is 0.526. The van der Waals surface area contributed by atoms with Crippen molar-refractivity contribution in [3.05, 3.63) is 35.4 Å². The molecule has 28 heavy (non-hydrogen) atoms. The van der Waals surface area contributed by atoms with Gasteiger partial charge in [-0.3, -0.25) is 14.5 Å². The Hall–Kier alpha value is -2.58. The highest BCUT2D eigenvalue weighted by Gasteiger charge is 2.52. The first-order chi connectivity index (χ1) is 13.1. The number of carbonyl (C=O) groups excluding carboxylic acids is 3. The van der Waals surface area contributed by atoms with Crippen LogP contribution < -0.4 is 10.6 Å². The molecular weight excluding hydrogens is 375 g/mol. The third-order valence-electron chi connectivity index (χ3n) is 5.45. The summed E-state index contributed by atoms with van der Waals surface area (Å²) in [4.78, 5) is 37.9. The Balaban J connectivity index is 1.55. The topological polar surface area (TPSA) is 78.5 Å². The Kier molecular flexibility index (Phi) is 5.36. The van der Waals surface area contributed by atoms with Gasteiger partial charge in [0.2, 0.25) is 5.91 Å². The number of amides is 4. The molecular formula is C19H22F3N3O3. The van der Waals surface area contributed by atoms with Crippen molar-refractivity contribution in [2.24, 2.45) is 5.92 Å². The minimum Gasteiger partial charge on any atom is -0.350 e. The summed E-state index contributed by atoms with van der Waals surface area (Å²) in [6, 6.07) is 3.84. The number of alkyl halides is 3. The Morgan fingerprint density at radius 3 is 2.39 bits per heavy atom. The molecule has 0 radical (unpaired) electrons. The fourth-order valence-corrected chi connectivity index (χ4v) is 3.63. The second-order valence-corrected chi connectivity index (χ2v) is 7.56. The molecule has 1 spiro atoms. The molecule has 3 rings (SSSR count). The van der Waals surface area contributed by atoms with Gasteiger partial charge in [0, 0.05) is 6.54 Å². The number of hydrogen-bond donors (Lipinski definition) is 2. The van der Waals surface area contributed by atoms with Crippen LogP contribution in [0.1, 0.15) is 43.7 Å². The fourth-order valence-electron chi connectivity index (χ4n) is 3.63. The molecule has 2 N–H and O–H groups in total. The van der Waals surface area contributed by atoms with Crippen molar-refractivity contribution in [1.29, 1.82) is 0 Å². The molecule has 1 aliphatic heterocycles. The first-order valence-corrected chi connectivity index (χ1v) is 9.18. The van der Waals surface area contributed by atoms with E-state index in [2.05, 4.69) is 17.6 Å². The van der Waals surface area contributed by atoms with Gasteiger partial charge in [0.15, 0.2) is 0 Å². The zero-order chi connectivity index (χ0) is 20.5. The van der Waals surface area contributed by atoms with E-state index >= 15 is 0 Å². The molecule has 6 nitrogen and oxygen atoms in total. The third-order valence-corrected chi connectivity index (χ3v) is 5.45. The first-order valence-electron chi connectivity index (χ1n) is 9.18. The van der Waals surface area contributed by atoms with Gasteiger partial charge in [0.25, 0.3) is 5.91 Å². The molecule has 1 heterocycles. The maximum atomic E-state index is 12.7. The summed E-state index contributed by atoms with van der Waals surface area (Å²) in [6.45, 7) is 1.69. The highest BCUT2D eigenvalue weighted by atomic mass is 19.4. The van der Waals surface area contributed by atoms with E-state index in [4.69, 9.17) is 0 Å². The van der Waals surface area contributed by atoms with Crippen molar-refractivity contribution in [2.45, 2.75) is 50.9 Å². The molecule has 2 fully saturated rings. The first kappa shape index (κ1) is 20.2. The Bertz CT molecular complexity index is 769. The van der Waals surface area contributed by atoms with E-state index in [1.165, 1.54) is 12.1 Å². The van der Waals surface area contributed by atoms with Crippen molar-refractivity contribution in [3.63, 3.8) is 0 Å². The summed E-state index contributed by atoms with van der Waals surface area (Å²) >= 11 is 0. The lowest BCUT2D eigenvalue weighted by atomic mass is 9.77. The largest absolute Gasteiger partial charge is 0.416 e. The van der Waals surface area contributed by atoms with E-state index in [-0.39, 0.29) is 12.5 Å². The van der Waals surface area contributed by atoms with E-state index in [0.29, 0.717) is 24.3 Å². The lowest BCUT2D eigenvalue weighted by molar-refractivity contribution is -0.137. The molecule has 0 bridgehead atoms. The van der Waals surface area contributed by atoms with E-state index in [1.807, 2.05) is 0 Å². The third kappa shape index (κ3) is 4.13. The summed E-state index contributed by atoms with van der Waals surface area (Å²) in [7, 11) is 0. The van der Waals surface area contributed by atoms with Crippen molar-refractivity contribution >= 4 is 17.8 Å². The SMILES string of the molecule is CC1CCC2(CC1)NC(=O)N(CC(=O)NCc1ccc(C(F)(F)F)cc1)C2=O. The normalized spacial score (nSPS) is 25.1. The Morgan fingerprint density at radius 2 is 1.82 bits per heavy atom. The van der Waals surface area contributed by atoms with E-state index in [1.54, 1.807) is 0 Å². The molecule has 1 aliphatic carbocycles. The molecule has 1 saturated carbocycles. The van der Waals surface area contributed by atoms with E-state index in [0.717, 1.165) is 29.9 Å². The van der Waals surface area contributed by atoms with Gasteiger partial charge in [-0.1, -0.05) is 19.1 Å². The average molecular weight is 397 g/mol. The predicted molar refractivity (Wildman–Crippen MR) is 93.9 cm³/mol.